The van der Waals surface area contributed by atoms with E-state index in [-0.39, 0.29) is 12.6 Å². The van der Waals surface area contributed by atoms with Gasteiger partial charge in [0.05, 0.1) is 0 Å². The Hall–Kier alpha value is -0.510. The Labute approximate surface area is 109 Å². The van der Waals surface area contributed by atoms with Crippen molar-refractivity contribution in [3.63, 3.8) is 0 Å². The molecule has 96 valence electrons. The maximum Gasteiger partial charge on any atom is 0.0441 e. The smallest absolute Gasteiger partial charge is 0.0441 e. The highest BCUT2D eigenvalue weighted by molar-refractivity contribution is 7.99. The zero-order valence-electron chi connectivity index (χ0n) is 10.9. The summed E-state index contributed by atoms with van der Waals surface area (Å²) in [5.74, 6) is 0.908. The number of aliphatic hydroxyl groups excluding tert-OH is 1. The first-order valence-corrected chi connectivity index (χ1v) is 7.14. The van der Waals surface area contributed by atoms with Gasteiger partial charge in [-0.2, -0.15) is 11.8 Å². The largest absolute Gasteiger partial charge is 0.396 e. The second-order valence-corrected chi connectivity index (χ2v) is 6.09. The Morgan fingerprint density at radius 1 is 1.35 bits per heavy atom. The third-order valence-corrected chi connectivity index (χ3v) is 4.28. The summed E-state index contributed by atoms with van der Waals surface area (Å²) in [5.41, 5.74) is 9.99. The van der Waals surface area contributed by atoms with Crippen LogP contribution < -0.4 is 5.73 Å². The minimum absolute atomic E-state index is 0.0849. The van der Waals surface area contributed by atoms with Gasteiger partial charge in [0.15, 0.2) is 0 Å². The molecule has 0 aromatic heterocycles. The van der Waals surface area contributed by atoms with E-state index in [1.807, 2.05) is 11.8 Å². The molecule has 17 heavy (non-hydrogen) atoms. The SMILES string of the molecule is Cc1ccc(C(N)CSC(C)CCO)c(C)c1. The summed E-state index contributed by atoms with van der Waals surface area (Å²) in [6, 6.07) is 6.51. The van der Waals surface area contributed by atoms with Gasteiger partial charge in [-0.05, 0) is 31.4 Å². The maximum absolute atomic E-state index is 8.85. The molecule has 0 bridgehead atoms. The van der Waals surface area contributed by atoms with Crippen molar-refractivity contribution in [1.82, 2.24) is 0 Å². The molecule has 3 heteroatoms. The van der Waals surface area contributed by atoms with Gasteiger partial charge in [0.2, 0.25) is 0 Å². The lowest BCUT2D eigenvalue weighted by atomic mass is 10.0. The van der Waals surface area contributed by atoms with Gasteiger partial charge in [-0.15, -0.1) is 0 Å². The third-order valence-electron chi connectivity index (χ3n) is 2.92. The van der Waals surface area contributed by atoms with E-state index >= 15 is 0 Å². The Morgan fingerprint density at radius 3 is 2.65 bits per heavy atom. The molecule has 1 rings (SSSR count). The van der Waals surface area contributed by atoms with E-state index in [4.69, 9.17) is 10.8 Å². The Morgan fingerprint density at radius 2 is 2.06 bits per heavy atom. The van der Waals surface area contributed by atoms with E-state index in [2.05, 4.69) is 39.0 Å². The van der Waals surface area contributed by atoms with Crippen LogP contribution in [-0.4, -0.2) is 22.7 Å². The van der Waals surface area contributed by atoms with E-state index in [1.54, 1.807) is 0 Å². The van der Waals surface area contributed by atoms with Gasteiger partial charge in [-0.25, -0.2) is 0 Å². The van der Waals surface area contributed by atoms with Crippen molar-refractivity contribution >= 4 is 11.8 Å². The standard InChI is InChI=1S/C14H23NOS/c1-10-4-5-13(11(2)8-10)14(15)9-17-12(3)6-7-16/h4-5,8,12,14,16H,6-7,9,15H2,1-3H3. The molecule has 0 aliphatic heterocycles. The quantitative estimate of drug-likeness (QED) is 0.819. The van der Waals surface area contributed by atoms with Crippen molar-refractivity contribution in [2.45, 2.75) is 38.5 Å². The lowest BCUT2D eigenvalue weighted by Gasteiger charge is -2.17. The summed E-state index contributed by atoms with van der Waals surface area (Å²) in [6.45, 7) is 6.60. The van der Waals surface area contributed by atoms with Crippen molar-refractivity contribution in [3.05, 3.63) is 34.9 Å². The molecule has 2 atom stereocenters. The summed E-state index contributed by atoms with van der Waals surface area (Å²) >= 11 is 1.83. The Balaban J connectivity index is 2.54. The van der Waals surface area contributed by atoms with Gasteiger partial charge in [-0.3, -0.25) is 0 Å². The number of aryl methyl sites for hydroxylation is 2. The minimum Gasteiger partial charge on any atom is -0.396 e. The van der Waals surface area contributed by atoms with Crippen LogP contribution in [0.3, 0.4) is 0 Å². The predicted octanol–water partition coefficient (Wildman–Crippen LogP) is 2.81. The number of hydrogen-bond acceptors (Lipinski definition) is 3. The molecule has 0 spiro atoms. The highest BCUT2D eigenvalue weighted by Crippen LogP contribution is 2.23. The lowest BCUT2D eigenvalue weighted by Crippen LogP contribution is -2.16. The summed E-state index contributed by atoms with van der Waals surface area (Å²) in [4.78, 5) is 0. The summed E-state index contributed by atoms with van der Waals surface area (Å²) in [5, 5.41) is 9.32. The van der Waals surface area contributed by atoms with Crippen LogP contribution in [0.15, 0.2) is 18.2 Å². The fraction of sp³-hybridized carbons (Fsp3) is 0.571. The molecule has 0 heterocycles. The molecule has 1 aromatic rings. The highest BCUT2D eigenvalue weighted by atomic mass is 32.2. The molecule has 0 radical (unpaired) electrons. The molecule has 0 saturated heterocycles. The molecule has 0 aliphatic rings. The van der Waals surface area contributed by atoms with Crippen molar-refractivity contribution in [3.8, 4) is 0 Å². The topological polar surface area (TPSA) is 46.2 Å². The van der Waals surface area contributed by atoms with Crippen molar-refractivity contribution < 1.29 is 5.11 Å². The van der Waals surface area contributed by atoms with Crippen LogP contribution in [0.1, 0.15) is 36.1 Å². The summed E-state index contributed by atoms with van der Waals surface area (Å²) < 4.78 is 0. The molecule has 0 amide bonds. The van der Waals surface area contributed by atoms with Crippen LogP contribution in [0.2, 0.25) is 0 Å². The van der Waals surface area contributed by atoms with Crippen molar-refractivity contribution in [1.29, 1.82) is 0 Å². The first-order valence-electron chi connectivity index (χ1n) is 6.09. The second kappa shape index (κ2) is 7.04. The zero-order chi connectivity index (χ0) is 12.8. The van der Waals surface area contributed by atoms with E-state index in [0.29, 0.717) is 5.25 Å². The van der Waals surface area contributed by atoms with Crippen molar-refractivity contribution in [2.75, 3.05) is 12.4 Å². The number of rotatable bonds is 6. The average Bonchev–Trinajstić information content (AvgIpc) is 2.26. The van der Waals surface area contributed by atoms with Crippen molar-refractivity contribution in [2.24, 2.45) is 5.73 Å². The molecule has 1 aromatic carbocycles. The van der Waals surface area contributed by atoms with E-state index < -0.39 is 0 Å². The maximum atomic E-state index is 8.85. The van der Waals surface area contributed by atoms with E-state index in [1.165, 1.54) is 16.7 Å². The minimum atomic E-state index is 0.0849. The second-order valence-electron chi connectivity index (χ2n) is 4.62. The highest BCUT2D eigenvalue weighted by Gasteiger charge is 2.11. The first kappa shape index (κ1) is 14.6. The van der Waals surface area contributed by atoms with Crippen LogP contribution >= 0.6 is 11.8 Å². The third kappa shape index (κ3) is 4.70. The molecule has 0 aliphatic carbocycles. The van der Waals surface area contributed by atoms with Gasteiger partial charge < -0.3 is 10.8 Å². The van der Waals surface area contributed by atoms with E-state index in [9.17, 15) is 0 Å². The molecule has 2 nitrogen and oxygen atoms in total. The number of thioether (sulfide) groups is 1. The monoisotopic (exact) mass is 253 g/mol. The van der Waals surface area contributed by atoms with Gasteiger partial charge in [-0.1, -0.05) is 30.7 Å². The molecule has 0 fully saturated rings. The zero-order valence-corrected chi connectivity index (χ0v) is 11.8. The first-order chi connectivity index (χ1) is 8.04. The molecular weight excluding hydrogens is 230 g/mol. The van der Waals surface area contributed by atoms with E-state index in [0.717, 1.165) is 12.2 Å². The van der Waals surface area contributed by atoms with Gasteiger partial charge >= 0.3 is 0 Å². The molecular formula is C14H23NOS. The van der Waals surface area contributed by atoms with Crippen LogP contribution in [0.5, 0.6) is 0 Å². The summed E-state index contributed by atoms with van der Waals surface area (Å²) in [6.07, 6.45) is 0.838. The Kier molecular flexibility index (Phi) is 6.03. The van der Waals surface area contributed by atoms with Crippen LogP contribution in [0.25, 0.3) is 0 Å². The lowest BCUT2D eigenvalue weighted by molar-refractivity contribution is 0.289. The average molecular weight is 253 g/mol. The normalized spacial score (nSPS) is 14.6. The fourth-order valence-corrected chi connectivity index (χ4v) is 2.85. The van der Waals surface area contributed by atoms with Gasteiger partial charge in [0.1, 0.15) is 0 Å². The van der Waals surface area contributed by atoms with Gasteiger partial charge in [0, 0.05) is 23.7 Å². The predicted molar refractivity (Wildman–Crippen MR) is 76.5 cm³/mol. The number of benzene rings is 1. The Bertz CT molecular complexity index is 354. The van der Waals surface area contributed by atoms with Crippen LogP contribution in [-0.2, 0) is 0 Å². The molecule has 0 saturated carbocycles. The molecule has 2 unspecified atom stereocenters. The van der Waals surface area contributed by atoms with Crippen LogP contribution in [0.4, 0.5) is 0 Å². The number of nitrogens with two attached hydrogens (primary N) is 1. The number of hydrogen-bond donors (Lipinski definition) is 2. The fourth-order valence-electron chi connectivity index (χ4n) is 1.86. The summed E-state index contributed by atoms with van der Waals surface area (Å²) in [7, 11) is 0. The van der Waals surface area contributed by atoms with Crippen LogP contribution in [0, 0.1) is 13.8 Å². The molecule has 3 N–H and O–H groups in total. The number of aliphatic hydroxyl groups is 1. The van der Waals surface area contributed by atoms with Gasteiger partial charge in [0.25, 0.3) is 0 Å².